The first-order valence-electron chi connectivity index (χ1n) is 12.6. The van der Waals surface area contributed by atoms with Crippen LogP contribution >= 0.6 is 11.3 Å². The van der Waals surface area contributed by atoms with Crippen molar-refractivity contribution in [3.8, 4) is 6.07 Å². The molecule has 1 amide bonds. The number of fused-ring (bicyclic) bond motifs is 1. The average Bonchev–Trinajstić information content (AvgIpc) is 3.58. The molecular formula is C27H27F3N6O3S. The van der Waals surface area contributed by atoms with Gasteiger partial charge in [-0.15, -0.1) is 11.3 Å². The highest BCUT2D eigenvalue weighted by molar-refractivity contribution is 7.11. The minimum Gasteiger partial charge on any atom is -0.478 e. The second-order valence-electron chi connectivity index (χ2n) is 10.9. The van der Waals surface area contributed by atoms with Gasteiger partial charge in [0.1, 0.15) is 17.8 Å². The summed E-state index contributed by atoms with van der Waals surface area (Å²) in [5.74, 6) is -7.29. The van der Waals surface area contributed by atoms with Crippen molar-refractivity contribution in [2.45, 2.75) is 38.8 Å². The maximum absolute atomic E-state index is 15.3. The Morgan fingerprint density at radius 2 is 2.12 bits per heavy atom. The van der Waals surface area contributed by atoms with Crippen molar-refractivity contribution in [2.24, 2.45) is 16.3 Å². The summed E-state index contributed by atoms with van der Waals surface area (Å²) in [7, 11) is 0. The number of carbonyl (C=O) groups excluding carboxylic acids is 1. The fourth-order valence-corrected chi connectivity index (χ4v) is 6.24. The minimum atomic E-state index is -3.35. The van der Waals surface area contributed by atoms with Gasteiger partial charge in [-0.25, -0.2) is 22.9 Å². The Bertz CT molecular complexity index is 1470. The molecule has 1 unspecified atom stereocenters. The number of alkyl halides is 2. The lowest BCUT2D eigenvalue weighted by molar-refractivity contribution is -0.140. The number of carboxylic acids is 1. The van der Waals surface area contributed by atoms with E-state index in [1.807, 2.05) is 0 Å². The van der Waals surface area contributed by atoms with Crippen molar-refractivity contribution in [1.82, 2.24) is 20.1 Å². The van der Waals surface area contributed by atoms with Crippen LogP contribution in [0.5, 0.6) is 0 Å². The monoisotopic (exact) mass is 572 g/mol. The first-order chi connectivity index (χ1) is 18.8. The number of likely N-dealkylation sites (tertiary alicyclic amines) is 2. The van der Waals surface area contributed by atoms with E-state index in [2.05, 4.69) is 21.4 Å². The van der Waals surface area contributed by atoms with Crippen molar-refractivity contribution >= 4 is 29.0 Å². The Morgan fingerprint density at radius 1 is 1.38 bits per heavy atom. The first-order valence-corrected chi connectivity index (χ1v) is 13.5. The second kappa shape index (κ2) is 10.0. The summed E-state index contributed by atoms with van der Waals surface area (Å²) >= 11 is 1.25. The van der Waals surface area contributed by atoms with Gasteiger partial charge in [0.15, 0.2) is 10.8 Å². The number of aliphatic carboxylic acids is 1. The van der Waals surface area contributed by atoms with Gasteiger partial charge in [0.05, 0.1) is 23.6 Å². The maximum atomic E-state index is 15.3. The molecule has 1 aromatic heterocycles. The number of carboxylic acid groups (broad SMARTS) is 1. The van der Waals surface area contributed by atoms with E-state index in [-0.39, 0.29) is 42.3 Å². The van der Waals surface area contributed by atoms with Crippen LogP contribution in [0.4, 0.5) is 13.2 Å². The van der Waals surface area contributed by atoms with Gasteiger partial charge in [0.2, 0.25) is 5.91 Å². The molecule has 0 saturated carbocycles. The van der Waals surface area contributed by atoms with Crippen molar-refractivity contribution in [3.05, 3.63) is 63.0 Å². The van der Waals surface area contributed by atoms with Gasteiger partial charge in [0.25, 0.3) is 5.92 Å². The van der Waals surface area contributed by atoms with Crippen LogP contribution < -0.4 is 5.32 Å². The number of aromatic nitrogens is 1. The molecule has 0 spiro atoms. The molecule has 0 aliphatic carbocycles. The predicted octanol–water partition coefficient (Wildman–Crippen LogP) is 3.35. The number of amidine groups is 1. The van der Waals surface area contributed by atoms with E-state index in [4.69, 9.17) is 0 Å². The summed E-state index contributed by atoms with van der Waals surface area (Å²) in [6.07, 6.45) is 1.55. The SMILES string of the molecule is Cc1c(F)cccc1C1N=C(c2nccs2)NC(CN2CC(F)(F)[C@@H]3C(=O)N(CC(C)(C)C#N)C[C@@H]32)=C1C(=O)O. The Labute approximate surface area is 232 Å². The number of thiazole rings is 1. The van der Waals surface area contributed by atoms with Crippen LogP contribution in [0.1, 0.15) is 36.0 Å². The van der Waals surface area contributed by atoms with Crippen LogP contribution in [0.2, 0.25) is 0 Å². The van der Waals surface area contributed by atoms with E-state index in [0.29, 0.717) is 10.6 Å². The van der Waals surface area contributed by atoms with Gasteiger partial charge >= 0.3 is 5.97 Å². The molecule has 2 N–H and O–H groups in total. The fraction of sp³-hybridized carbons (Fsp3) is 0.444. The lowest BCUT2D eigenvalue weighted by Crippen LogP contribution is -2.44. The molecule has 3 atom stereocenters. The Morgan fingerprint density at radius 3 is 2.77 bits per heavy atom. The summed E-state index contributed by atoms with van der Waals surface area (Å²) < 4.78 is 45.0. The lowest BCUT2D eigenvalue weighted by atomic mass is 9.92. The summed E-state index contributed by atoms with van der Waals surface area (Å²) in [5.41, 5.74) is -0.461. The lowest BCUT2D eigenvalue weighted by Gasteiger charge is -2.31. The molecule has 210 valence electrons. The summed E-state index contributed by atoms with van der Waals surface area (Å²) in [4.78, 5) is 37.2. The number of nitriles is 1. The van der Waals surface area contributed by atoms with E-state index in [1.54, 1.807) is 31.5 Å². The molecule has 2 saturated heterocycles. The molecule has 3 aliphatic heterocycles. The molecule has 40 heavy (non-hydrogen) atoms. The number of rotatable bonds is 7. The van der Waals surface area contributed by atoms with Gasteiger partial charge in [0, 0.05) is 43.0 Å². The zero-order chi connectivity index (χ0) is 29.0. The number of halogens is 3. The van der Waals surface area contributed by atoms with E-state index in [1.165, 1.54) is 40.2 Å². The van der Waals surface area contributed by atoms with Gasteiger partial charge in [-0.3, -0.25) is 14.7 Å². The number of amides is 1. The molecule has 1 aromatic carbocycles. The average molecular weight is 573 g/mol. The second-order valence-corrected chi connectivity index (χ2v) is 11.8. The predicted molar refractivity (Wildman–Crippen MR) is 140 cm³/mol. The first kappa shape index (κ1) is 27.8. The third-order valence-electron chi connectivity index (χ3n) is 7.55. The molecule has 5 rings (SSSR count). The number of benzene rings is 1. The fourth-order valence-electron chi connectivity index (χ4n) is 5.65. The van der Waals surface area contributed by atoms with Crippen LogP contribution in [0.25, 0.3) is 0 Å². The number of nitrogens with one attached hydrogen (secondary N) is 1. The largest absolute Gasteiger partial charge is 0.478 e. The Kier molecular flexibility index (Phi) is 6.96. The van der Waals surface area contributed by atoms with E-state index >= 15 is 8.78 Å². The minimum absolute atomic E-state index is 0.00233. The van der Waals surface area contributed by atoms with Crippen LogP contribution in [0, 0.1) is 35.4 Å². The van der Waals surface area contributed by atoms with E-state index < -0.39 is 53.6 Å². The molecule has 13 heteroatoms. The van der Waals surface area contributed by atoms with Gasteiger partial charge in [-0.2, -0.15) is 5.26 Å². The smallest absolute Gasteiger partial charge is 0.335 e. The number of nitrogens with zero attached hydrogens (tertiary/aromatic N) is 5. The summed E-state index contributed by atoms with van der Waals surface area (Å²) in [5, 5.41) is 24.8. The molecular weight excluding hydrogens is 545 g/mol. The number of hydrogen-bond donors (Lipinski definition) is 2. The third kappa shape index (κ3) is 4.86. The molecule has 0 radical (unpaired) electrons. The van der Waals surface area contributed by atoms with Crippen molar-refractivity contribution in [3.63, 3.8) is 0 Å². The topological polar surface area (TPSA) is 122 Å². The van der Waals surface area contributed by atoms with Crippen LogP contribution in [0.3, 0.4) is 0 Å². The van der Waals surface area contributed by atoms with Crippen LogP contribution in [-0.2, 0) is 9.59 Å². The van der Waals surface area contributed by atoms with Crippen molar-refractivity contribution in [1.29, 1.82) is 5.26 Å². The van der Waals surface area contributed by atoms with E-state index in [9.17, 15) is 24.3 Å². The van der Waals surface area contributed by atoms with Gasteiger partial charge < -0.3 is 15.3 Å². The Hall–Kier alpha value is -3.76. The third-order valence-corrected chi connectivity index (χ3v) is 8.33. The van der Waals surface area contributed by atoms with Crippen molar-refractivity contribution in [2.75, 3.05) is 26.2 Å². The standard InChI is InChI=1S/C27H27F3N6O3S/c1-14-15(5-4-6-16(14)28)21-19(25(38)39)17(33-22(34-21)23-32-7-8-40-23)9-35-13-27(29,30)20-18(35)10-36(24(20)37)12-26(2,3)11-31/h4-8,18,20-21H,9-10,12-13H2,1-3H3,(H,33,34)(H,38,39)/t18-,20-,21?/m0/s1. The molecule has 3 aliphatic rings. The highest BCUT2D eigenvalue weighted by Gasteiger charge is 2.63. The Balaban J connectivity index is 1.54. The molecule has 4 heterocycles. The molecule has 0 bridgehead atoms. The van der Waals surface area contributed by atoms with E-state index in [0.717, 1.165) is 0 Å². The highest BCUT2D eigenvalue weighted by atomic mass is 32.1. The van der Waals surface area contributed by atoms with Gasteiger partial charge in [-0.05, 0) is 38.0 Å². The maximum Gasteiger partial charge on any atom is 0.335 e. The van der Waals surface area contributed by atoms with Gasteiger partial charge in [-0.1, -0.05) is 12.1 Å². The number of carbonyl (C=O) groups is 2. The zero-order valence-electron chi connectivity index (χ0n) is 22.0. The van der Waals surface area contributed by atoms with Crippen LogP contribution in [0.15, 0.2) is 46.0 Å². The molecule has 9 nitrogen and oxygen atoms in total. The summed E-state index contributed by atoms with van der Waals surface area (Å²) in [6.45, 7) is 3.80. The van der Waals surface area contributed by atoms with Crippen LogP contribution in [-0.4, -0.2) is 75.7 Å². The zero-order valence-corrected chi connectivity index (χ0v) is 22.8. The number of aliphatic imine (C=N–C) groups is 1. The van der Waals surface area contributed by atoms with Crippen molar-refractivity contribution < 1.29 is 27.9 Å². The molecule has 2 fully saturated rings. The highest BCUT2D eigenvalue weighted by Crippen LogP contribution is 2.44. The normalized spacial score (nSPS) is 24.5. The number of hydrogen-bond acceptors (Lipinski definition) is 8. The summed E-state index contributed by atoms with van der Waals surface area (Å²) in [6, 6.07) is 4.39. The quantitative estimate of drug-likeness (QED) is 0.522. The molecule has 2 aromatic rings.